The van der Waals surface area contributed by atoms with Crippen LogP contribution in [0.3, 0.4) is 0 Å². The molecule has 0 bridgehead atoms. The number of halogens is 1. The van der Waals surface area contributed by atoms with Crippen LogP contribution >= 0.6 is 23.4 Å². The first-order valence-electron chi connectivity index (χ1n) is 9.28. The first kappa shape index (κ1) is 19.2. The molecule has 1 N–H and O–H groups in total. The number of rotatable bonds is 7. The number of nitrogens with one attached hydrogen (secondary N) is 1. The van der Waals surface area contributed by atoms with E-state index in [1.807, 2.05) is 23.9 Å². The Hall–Kier alpha value is -1.58. The van der Waals surface area contributed by atoms with Gasteiger partial charge in [0.1, 0.15) is 0 Å². The van der Waals surface area contributed by atoms with E-state index in [4.69, 9.17) is 11.6 Å². The van der Waals surface area contributed by atoms with Crippen LogP contribution in [0.4, 0.5) is 5.69 Å². The SMILES string of the molecule is C=C(NCc1cc(Cl)ccc1SCC)c1cc(C)cc(N2CCCC2)c1. The lowest BCUT2D eigenvalue weighted by Crippen LogP contribution is -2.18. The Bertz CT molecular complexity index is 782. The second-order valence-corrected chi connectivity index (χ2v) is 8.51. The van der Waals surface area contributed by atoms with Crippen molar-refractivity contribution in [1.29, 1.82) is 0 Å². The van der Waals surface area contributed by atoms with Gasteiger partial charge in [-0.15, -0.1) is 11.8 Å². The van der Waals surface area contributed by atoms with Gasteiger partial charge in [0.2, 0.25) is 0 Å². The van der Waals surface area contributed by atoms with Crippen LogP contribution in [0.1, 0.15) is 36.5 Å². The van der Waals surface area contributed by atoms with E-state index < -0.39 is 0 Å². The molecule has 3 rings (SSSR count). The number of anilines is 1. The third-order valence-electron chi connectivity index (χ3n) is 4.70. The molecule has 1 fully saturated rings. The van der Waals surface area contributed by atoms with Gasteiger partial charge in [-0.3, -0.25) is 0 Å². The number of aryl methyl sites for hydroxylation is 1. The van der Waals surface area contributed by atoms with Gasteiger partial charge >= 0.3 is 0 Å². The molecule has 26 heavy (non-hydrogen) atoms. The first-order valence-corrected chi connectivity index (χ1v) is 10.6. The van der Waals surface area contributed by atoms with Crippen LogP contribution < -0.4 is 10.2 Å². The summed E-state index contributed by atoms with van der Waals surface area (Å²) < 4.78 is 0. The van der Waals surface area contributed by atoms with Crippen molar-refractivity contribution in [3.05, 3.63) is 64.7 Å². The van der Waals surface area contributed by atoms with E-state index in [0.29, 0.717) is 0 Å². The van der Waals surface area contributed by atoms with E-state index in [-0.39, 0.29) is 0 Å². The molecular formula is C22H27ClN2S. The number of thioether (sulfide) groups is 1. The van der Waals surface area contributed by atoms with Gasteiger partial charge in [0.05, 0.1) is 0 Å². The predicted molar refractivity (Wildman–Crippen MR) is 116 cm³/mol. The molecule has 0 aromatic heterocycles. The molecule has 0 amide bonds. The van der Waals surface area contributed by atoms with E-state index in [1.54, 1.807) is 0 Å². The Morgan fingerprint density at radius 1 is 1.19 bits per heavy atom. The summed E-state index contributed by atoms with van der Waals surface area (Å²) in [5.74, 6) is 1.05. The number of hydrogen-bond donors (Lipinski definition) is 1. The summed E-state index contributed by atoms with van der Waals surface area (Å²) in [5, 5.41) is 4.28. The van der Waals surface area contributed by atoms with Crippen LogP contribution in [0.2, 0.25) is 5.02 Å². The molecule has 0 unspecified atom stereocenters. The number of benzene rings is 2. The van der Waals surface area contributed by atoms with E-state index in [2.05, 4.69) is 54.9 Å². The monoisotopic (exact) mass is 386 g/mol. The summed E-state index contributed by atoms with van der Waals surface area (Å²) in [6, 6.07) is 12.8. The average molecular weight is 387 g/mol. The predicted octanol–water partition coefficient (Wildman–Crippen LogP) is 6.12. The Kier molecular flexibility index (Phi) is 6.55. The second-order valence-electron chi connectivity index (χ2n) is 6.77. The van der Waals surface area contributed by atoms with E-state index >= 15 is 0 Å². The molecule has 138 valence electrons. The maximum atomic E-state index is 6.20. The van der Waals surface area contributed by atoms with Crippen molar-refractivity contribution in [2.75, 3.05) is 23.7 Å². The molecular weight excluding hydrogens is 360 g/mol. The molecule has 2 nitrogen and oxygen atoms in total. The zero-order valence-electron chi connectivity index (χ0n) is 15.6. The Morgan fingerprint density at radius 2 is 1.96 bits per heavy atom. The molecule has 4 heteroatoms. The fourth-order valence-electron chi connectivity index (χ4n) is 3.38. The summed E-state index contributed by atoms with van der Waals surface area (Å²) >= 11 is 8.04. The standard InChI is InChI=1S/C22H27ClN2S/c1-4-26-22-8-7-20(23)13-19(22)15-24-17(3)18-11-16(2)12-21(14-18)25-9-5-6-10-25/h7-8,11-14,24H,3-6,9-10,15H2,1-2H3. The average Bonchev–Trinajstić information content (AvgIpc) is 3.16. The van der Waals surface area contributed by atoms with E-state index in [0.717, 1.165) is 36.1 Å². The summed E-state index contributed by atoms with van der Waals surface area (Å²) in [6.07, 6.45) is 2.57. The van der Waals surface area contributed by atoms with Crippen molar-refractivity contribution in [2.45, 2.75) is 38.1 Å². The van der Waals surface area contributed by atoms with Gasteiger partial charge in [0.15, 0.2) is 0 Å². The smallest absolute Gasteiger partial charge is 0.0412 e. The van der Waals surface area contributed by atoms with Crippen molar-refractivity contribution in [2.24, 2.45) is 0 Å². The summed E-state index contributed by atoms with van der Waals surface area (Å²) in [7, 11) is 0. The number of nitrogens with zero attached hydrogens (tertiary/aromatic N) is 1. The molecule has 1 aliphatic heterocycles. The quantitative estimate of drug-likeness (QED) is 0.577. The molecule has 1 aliphatic rings. The maximum absolute atomic E-state index is 6.20. The molecule has 1 heterocycles. The van der Waals surface area contributed by atoms with E-state index in [9.17, 15) is 0 Å². The van der Waals surface area contributed by atoms with Crippen molar-refractivity contribution in [3.63, 3.8) is 0 Å². The minimum absolute atomic E-state index is 0.731. The van der Waals surface area contributed by atoms with Crippen LogP contribution in [0, 0.1) is 6.92 Å². The van der Waals surface area contributed by atoms with Gasteiger partial charge in [0, 0.05) is 40.9 Å². The van der Waals surface area contributed by atoms with Crippen LogP contribution in [0.25, 0.3) is 5.70 Å². The van der Waals surface area contributed by atoms with Gasteiger partial charge in [0.25, 0.3) is 0 Å². The fraction of sp³-hybridized carbons (Fsp3) is 0.364. The minimum Gasteiger partial charge on any atom is -0.381 e. The highest BCUT2D eigenvalue weighted by molar-refractivity contribution is 7.99. The largest absolute Gasteiger partial charge is 0.381 e. The van der Waals surface area contributed by atoms with Crippen LogP contribution in [-0.4, -0.2) is 18.8 Å². The third kappa shape index (κ3) is 4.77. The molecule has 0 saturated carbocycles. The summed E-state index contributed by atoms with van der Waals surface area (Å²) in [6.45, 7) is 11.6. The fourth-order valence-corrected chi connectivity index (χ4v) is 4.37. The summed E-state index contributed by atoms with van der Waals surface area (Å²) in [4.78, 5) is 3.75. The topological polar surface area (TPSA) is 15.3 Å². The lowest BCUT2D eigenvalue weighted by atomic mass is 10.1. The zero-order chi connectivity index (χ0) is 18.5. The summed E-state index contributed by atoms with van der Waals surface area (Å²) in [5.41, 5.74) is 5.93. The molecule has 0 aliphatic carbocycles. The normalized spacial score (nSPS) is 13.9. The molecule has 1 saturated heterocycles. The van der Waals surface area contributed by atoms with Crippen molar-refractivity contribution < 1.29 is 0 Å². The van der Waals surface area contributed by atoms with E-state index in [1.165, 1.54) is 40.1 Å². The minimum atomic E-state index is 0.731. The van der Waals surface area contributed by atoms with Gasteiger partial charge in [-0.2, -0.15) is 0 Å². The van der Waals surface area contributed by atoms with Gasteiger partial charge in [-0.1, -0.05) is 25.1 Å². The lowest BCUT2D eigenvalue weighted by Gasteiger charge is -2.20. The van der Waals surface area contributed by atoms with Crippen LogP contribution in [0.15, 0.2) is 47.9 Å². The Labute approximate surface area is 166 Å². The first-order chi connectivity index (χ1) is 12.6. The highest BCUT2D eigenvalue weighted by atomic mass is 35.5. The highest BCUT2D eigenvalue weighted by Crippen LogP contribution is 2.28. The maximum Gasteiger partial charge on any atom is 0.0412 e. The Morgan fingerprint density at radius 3 is 2.69 bits per heavy atom. The zero-order valence-corrected chi connectivity index (χ0v) is 17.2. The van der Waals surface area contributed by atoms with Gasteiger partial charge < -0.3 is 10.2 Å². The lowest BCUT2D eigenvalue weighted by molar-refractivity contribution is 0.871. The molecule has 2 aromatic rings. The van der Waals surface area contributed by atoms with Gasteiger partial charge in [-0.05, 0) is 78.6 Å². The third-order valence-corrected chi connectivity index (χ3v) is 5.93. The van der Waals surface area contributed by atoms with Crippen molar-refractivity contribution >= 4 is 34.7 Å². The Balaban J connectivity index is 1.73. The molecule has 0 atom stereocenters. The van der Waals surface area contributed by atoms with Crippen molar-refractivity contribution in [1.82, 2.24) is 5.32 Å². The van der Waals surface area contributed by atoms with Crippen LogP contribution in [0.5, 0.6) is 0 Å². The molecule has 2 aromatic carbocycles. The highest BCUT2D eigenvalue weighted by Gasteiger charge is 2.14. The number of hydrogen-bond acceptors (Lipinski definition) is 3. The van der Waals surface area contributed by atoms with Crippen LogP contribution in [-0.2, 0) is 6.54 Å². The molecule has 0 spiro atoms. The van der Waals surface area contributed by atoms with Gasteiger partial charge in [-0.25, -0.2) is 0 Å². The van der Waals surface area contributed by atoms with Crippen molar-refractivity contribution in [3.8, 4) is 0 Å². The second kappa shape index (κ2) is 8.88. The molecule has 0 radical (unpaired) electrons.